The number of carbonyl (C=O) groups excluding carboxylic acids is 2. The van der Waals surface area contributed by atoms with Crippen molar-refractivity contribution in [1.29, 1.82) is 0 Å². The summed E-state index contributed by atoms with van der Waals surface area (Å²) >= 11 is 0. The van der Waals surface area contributed by atoms with Gasteiger partial charge in [0.2, 0.25) is 0 Å². The minimum Gasteiger partial charge on any atom is -0.493 e. The highest BCUT2D eigenvalue weighted by atomic mass is 19.4. The first-order valence-electron chi connectivity index (χ1n) is 9.12. The average Bonchev–Trinajstić information content (AvgIpc) is 3.11. The zero-order valence-corrected chi connectivity index (χ0v) is 16.2. The van der Waals surface area contributed by atoms with E-state index in [9.17, 15) is 22.8 Å². The van der Waals surface area contributed by atoms with Crippen LogP contribution in [0.3, 0.4) is 0 Å². The molecular weight excluding hydrogens is 403 g/mol. The van der Waals surface area contributed by atoms with Crippen molar-refractivity contribution >= 4 is 17.4 Å². The molecule has 0 aliphatic heterocycles. The molecule has 0 unspecified atom stereocenters. The van der Waals surface area contributed by atoms with Crippen molar-refractivity contribution in [1.82, 2.24) is 14.4 Å². The summed E-state index contributed by atoms with van der Waals surface area (Å²) in [6.45, 7) is 3.91. The van der Waals surface area contributed by atoms with Gasteiger partial charge in [-0.15, -0.1) is 0 Å². The summed E-state index contributed by atoms with van der Waals surface area (Å²) in [4.78, 5) is 32.1. The van der Waals surface area contributed by atoms with Crippen LogP contribution in [0.15, 0.2) is 36.7 Å². The summed E-state index contributed by atoms with van der Waals surface area (Å²) in [6.07, 6.45) is -1.90. The fourth-order valence-electron chi connectivity index (χ4n) is 2.80. The Morgan fingerprint density at radius 1 is 1.07 bits per heavy atom. The highest BCUT2D eigenvalue weighted by Gasteiger charge is 2.33. The molecule has 0 saturated carbocycles. The van der Waals surface area contributed by atoms with E-state index in [1.165, 1.54) is 16.7 Å². The lowest BCUT2D eigenvalue weighted by atomic mass is 10.1. The number of imidazole rings is 1. The molecule has 0 aliphatic carbocycles. The molecule has 0 bridgehead atoms. The molecule has 3 aromatic rings. The maximum absolute atomic E-state index is 12.9. The lowest BCUT2D eigenvalue weighted by Gasteiger charge is -2.11. The smallest absolute Gasteiger partial charge is 0.433 e. The van der Waals surface area contributed by atoms with Gasteiger partial charge in [-0.05, 0) is 26.0 Å². The third kappa shape index (κ3) is 4.58. The van der Waals surface area contributed by atoms with Crippen LogP contribution in [0.2, 0.25) is 0 Å². The molecule has 7 nitrogen and oxygen atoms in total. The number of hydrogen-bond acceptors (Lipinski definition) is 6. The van der Waals surface area contributed by atoms with Crippen molar-refractivity contribution in [3.8, 4) is 5.75 Å². The molecule has 0 atom stereocenters. The standard InChI is InChI=1S/C20H18F3N3O4/c1-3-29-16-9-18-25-14(19(28)30-4-2)11-26(18)10-12(16)8-15(27)13-6-5-7-17(24-13)20(21,22)23/h5-7,9-11H,3-4,8H2,1-2H3. The average molecular weight is 421 g/mol. The van der Waals surface area contributed by atoms with Gasteiger partial charge >= 0.3 is 12.1 Å². The van der Waals surface area contributed by atoms with E-state index in [-0.39, 0.29) is 24.4 Å². The summed E-state index contributed by atoms with van der Waals surface area (Å²) in [5.74, 6) is -0.858. The van der Waals surface area contributed by atoms with Crippen molar-refractivity contribution in [2.24, 2.45) is 0 Å². The maximum Gasteiger partial charge on any atom is 0.433 e. The van der Waals surface area contributed by atoms with Gasteiger partial charge in [0.15, 0.2) is 11.5 Å². The Bertz CT molecular complexity index is 1090. The van der Waals surface area contributed by atoms with Crippen molar-refractivity contribution in [2.45, 2.75) is 26.4 Å². The number of ether oxygens (including phenoxy) is 2. The Kier molecular flexibility index (Phi) is 6.04. The molecule has 158 valence electrons. The number of hydrogen-bond donors (Lipinski definition) is 0. The molecule has 0 N–H and O–H groups in total. The van der Waals surface area contributed by atoms with Gasteiger partial charge < -0.3 is 13.9 Å². The molecule has 0 aliphatic rings. The van der Waals surface area contributed by atoms with Crippen LogP contribution in [0, 0.1) is 0 Å². The number of aromatic nitrogens is 3. The minimum atomic E-state index is -4.65. The first-order valence-corrected chi connectivity index (χ1v) is 9.12. The molecule has 0 saturated heterocycles. The first-order chi connectivity index (χ1) is 14.2. The molecular formula is C20H18F3N3O4. The van der Waals surface area contributed by atoms with Gasteiger partial charge in [0, 0.05) is 30.4 Å². The Hall–Kier alpha value is -3.43. The summed E-state index contributed by atoms with van der Waals surface area (Å²) in [7, 11) is 0. The summed E-state index contributed by atoms with van der Waals surface area (Å²) in [6, 6.07) is 4.72. The number of ketones is 1. The van der Waals surface area contributed by atoms with Crippen LogP contribution in [0.4, 0.5) is 13.2 Å². The molecule has 0 spiro atoms. The number of rotatable bonds is 7. The third-order valence-electron chi connectivity index (χ3n) is 4.09. The fraction of sp³-hybridized carbons (Fsp3) is 0.300. The zero-order chi connectivity index (χ0) is 21.9. The Balaban J connectivity index is 1.95. The van der Waals surface area contributed by atoms with Crippen molar-refractivity contribution < 1.29 is 32.2 Å². The van der Waals surface area contributed by atoms with Crippen LogP contribution in [0.25, 0.3) is 5.65 Å². The highest BCUT2D eigenvalue weighted by Crippen LogP contribution is 2.28. The van der Waals surface area contributed by atoms with Crippen LogP contribution < -0.4 is 4.74 Å². The molecule has 0 aromatic carbocycles. The summed E-state index contributed by atoms with van der Waals surface area (Å²) in [5.41, 5.74) is -0.536. The quantitative estimate of drug-likeness (QED) is 0.427. The summed E-state index contributed by atoms with van der Waals surface area (Å²) < 4.78 is 50.6. The monoisotopic (exact) mass is 421 g/mol. The number of fused-ring (bicyclic) bond motifs is 1. The van der Waals surface area contributed by atoms with Crippen LogP contribution in [-0.2, 0) is 17.3 Å². The van der Waals surface area contributed by atoms with E-state index in [1.807, 2.05) is 0 Å². The van der Waals surface area contributed by atoms with Gasteiger partial charge in [-0.25, -0.2) is 14.8 Å². The van der Waals surface area contributed by atoms with E-state index in [2.05, 4.69) is 9.97 Å². The zero-order valence-electron chi connectivity index (χ0n) is 16.2. The van der Waals surface area contributed by atoms with E-state index >= 15 is 0 Å². The summed E-state index contributed by atoms with van der Waals surface area (Å²) in [5, 5.41) is 0. The first kappa shape index (κ1) is 21.3. The van der Waals surface area contributed by atoms with E-state index < -0.39 is 23.6 Å². The fourth-order valence-corrected chi connectivity index (χ4v) is 2.80. The topological polar surface area (TPSA) is 82.8 Å². The SMILES string of the molecule is CCOC(=O)c1cn2cc(CC(=O)c3cccc(C(F)(F)F)n3)c(OCC)cc2n1. The van der Waals surface area contributed by atoms with Crippen molar-refractivity contribution in [2.75, 3.05) is 13.2 Å². The number of alkyl halides is 3. The Morgan fingerprint density at radius 3 is 2.50 bits per heavy atom. The second kappa shape index (κ2) is 8.52. The van der Waals surface area contributed by atoms with E-state index in [1.54, 1.807) is 26.1 Å². The molecule has 3 aromatic heterocycles. The van der Waals surface area contributed by atoms with Gasteiger partial charge in [0.1, 0.15) is 22.8 Å². The van der Waals surface area contributed by atoms with E-state index in [0.717, 1.165) is 12.1 Å². The van der Waals surface area contributed by atoms with Crippen molar-refractivity contribution in [3.05, 3.63) is 59.3 Å². The lowest BCUT2D eigenvalue weighted by molar-refractivity contribution is -0.141. The van der Waals surface area contributed by atoms with Gasteiger partial charge in [0.25, 0.3) is 0 Å². The van der Waals surface area contributed by atoms with E-state index in [4.69, 9.17) is 9.47 Å². The Labute approximate surface area is 169 Å². The van der Waals surface area contributed by atoms with E-state index in [0.29, 0.717) is 23.6 Å². The predicted molar refractivity (Wildman–Crippen MR) is 99.6 cm³/mol. The number of esters is 1. The molecule has 3 rings (SSSR count). The number of nitrogens with zero attached hydrogens (tertiary/aromatic N) is 3. The highest BCUT2D eigenvalue weighted by molar-refractivity contribution is 5.96. The van der Waals surface area contributed by atoms with Crippen LogP contribution in [0.5, 0.6) is 5.75 Å². The number of pyridine rings is 2. The van der Waals surface area contributed by atoms with Gasteiger partial charge in [-0.3, -0.25) is 4.79 Å². The van der Waals surface area contributed by atoms with Gasteiger partial charge in [-0.1, -0.05) is 6.07 Å². The van der Waals surface area contributed by atoms with Crippen molar-refractivity contribution in [3.63, 3.8) is 0 Å². The normalized spacial score (nSPS) is 11.5. The second-order valence-electron chi connectivity index (χ2n) is 6.21. The molecule has 0 amide bonds. The molecule has 3 heterocycles. The number of Topliss-reactive ketones (excluding diaryl/α,β-unsaturated/α-hetero) is 1. The lowest BCUT2D eigenvalue weighted by Crippen LogP contribution is -2.13. The van der Waals surface area contributed by atoms with Crippen LogP contribution in [-0.4, -0.2) is 39.3 Å². The van der Waals surface area contributed by atoms with Gasteiger partial charge in [0.05, 0.1) is 13.2 Å². The third-order valence-corrected chi connectivity index (χ3v) is 4.09. The molecule has 0 radical (unpaired) electrons. The predicted octanol–water partition coefficient (Wildman–Crippen LogP) is 3.75. The number of halogens is 3. The number of carbonyl (C=O) groups is 2. The molecule has 10 heteroatoms. The largest absolute Gasteiger partial charge is 0.493 e. The van der Waals surface area contributed by atoms with Crippen LogP contribution in [0.1, 0.15) is 46.1 Å². The minimum absolute atomic E-state index is 0.0855. The molecule has 0 fully saturated rings. The maximum atomic E-state index is 12.9. The Morgan fingerprint density at radius 2 is 1.83 bits per heavy atom. The second-order valence-corrected chi connectivity index (χ2v) is 6.21. The molecule has 30 heavy (non-hydrogen) atoms. The van der Waals surface area contributed by atoms with Crippen LogP contribution >= 0.6 is 0 Å². The van der Waals surface area contributed by atoms with Gasteiger partial charge in [-0.2, -0.15) is 13.2 Å².